The fraction of sp³-hybridized carbons (Fsp3) is 0.400. The highest BCUT2D eigenvalue weighted by molar-refractivity contribution is 5.83. The summed E-state index contributed by atoms with van der Waals surface area (Å²) in [7, 11) is 0. The molecule has 1 fully saturated rings. The number of aromatic nitrogens is 1. The molecule has 3 heteroatoms. The van der Waals surface area contributed by atoms with E-state index < -0.39 is 0 Å². The standard InChI is InChI=1S/C15H17NO2/c1-2-10-4-3-5-11-8-13(17)15(16-14(10)11)12-6-7-18-9-12/h3-5,8,12,17H,2,6-7,9H2,1H3. The first kappa shape index (κ1) is 11.5. The van der Waals surface area contributed by atoms with E-state index in [1.165, 1.54) is 5.56 Å². The lowest BCUT2D eigenvalue weighted by molar-refractivity contribution is 0.193. The number of ether oxygens (including phenoxy) is 1. The summed E-state index contributed by atoms with van der Waals surface area (Å²) in [5.41, 5.74) is 3.04. The van der Waals surface area contributed by atoms with Gasteiger partial charge in [0, 0.05) is 17.9 Å². The lowest BCUT2D eigenvalue weighted by atomic mass is 10.0. The van der Waals surface area contributed by atoms with Crippen molar-refractivity contribution in [3.8, 4) is 5.75 Å². The Labute approximate surface area is 106 Å². The minimum Gasteiger partial charge on any atom is -0.506 e. The summed E-state index contributed by atoms with van der Waals surface area (Å²) in [6.45, 7) is 3.56. The zero-order valence-corrected chi connectivity index (χ0v) is 10.5. The van der Waals surface area contributed by atoms with Crippen molar-refractivity contribution in [3.63, 3.8) is 0 Å². The SMILES string of the molecule is CCc1cccc2cc(O)c(C3CCOC3)nc12. The van der Waals surface area contributed by atoms with Crippen LogP contribution >= 0.6 is 0 Å². The number of para-hydroxylation sites is 1. The minimum atomic E-state index is 0.235. The molecule has 1 atom stereocenters. The summed E-state index contributed by atoms with van der Waals surface area (Å²) in [5.74, 6) is 0.533. The van der Waals surface area contributed by atoms with Crippen LogP contribution in [0.1, 0.15) is 30.5 Å². The van der Waals surface area contributed by atoms with Crippen LogP contribution in [0.4, 0.5) is 0 Å². The van der Waals surface area contributed by atoms with Gasteiger partial charge in [-0.3, -0.25) is 0 Å². The molecule has 0 radical (unpaired) electrons. The van der Waals surface area contributed by atoms with E-state index in [0.29, 0.717) is 12.4 Å². The molecule has 0 aliphatic carbocycles. The molecular weight excluding hydrogens is 226 g/mol. The fourth-order valence-electron chi connectivity index (χ4n) is 2.60. The number of hydrogen-bond donors (Lipinski definition) is 1. The van der Waals surface area contributed by atoms with Crippen LogP contribution in [0.5, 0.6) is 5.75 Å². The summed E-state index contributed by atoms with van der Waals surface area (Å²) in [5, 5.41) is 11.1. The largest absolute Gasteiger partial charge is 0.506 e. The summed E-state index contributed by atoms with van der Waals surface area (Å²) in [6, 6.07) is 7.94. The van der Waals surface area contributed by atoms with Crippen LogP contribution in [0.3, 0.4) is 0 Å². The molecule has 2 aromatic rings. The van der Waals surface area contributed by atoms with Gasteiger partial charge in [-0.15, -0.1) is 0 Å². The third-order valence-corrected chi connectivity index (χ3v) is 3.63. The third-order valence-electron chi connectivity index (χ3n) is 3.63. The number of aromatic hydroxyl groups is 1. The van der Waals surface area contributed by atoms with Gasteiger partial charge in [0.15, 0.2) is 0 Å². The second-order valence-electron chi connectivity index (χ2n) is 4.80. The number of hydrogen-bond acceptors (Lipinski definition) is 3. The molecule has 3 nitrogen and oxygen atoms in total. The highest BCUT2D eigenvalue weighted by Crippen LogP contribution is 2.33. The van der Waals surface area contributed by atoms with Gasteiger partial charge >= 0.3 is 0 Å². The Bertz CT molecular complexity index is 574. The second-order valence-corrected chi connectivity index (χ2v) is 4.80. The number of aryl methyl sites for hydroxylation is 1. The Balaban J connectivity index is 2.17. The summed E-state index contributed by atoms with van der Waals surface area (Å²) < 4.78 is 5.38. The van der Waals surface area contributed by atoms with E-state index in [1.54, 1.807) is 0 Å². The Morgan fingerprint density at radius 2 is 2.33 bits per heavy atom. The smallest absolute Gasteiger partial charge is 0.138 e. The van der Waals surface area contributed by atoms with Gasteiger partial charge in [-0.05, 0) is 24.5 Å². The summed E-state index contributed by atoms with van der Waals surface area (Å²) in [6.07, 6.45) is 1.90. The van der Waals surface area contributed by atoms with Crippen LogP contribution in [0, 0.1) is 0 Å². The zero-order chi connectivity index (χ0) is 12.5. The maximum atomic E-state index is 10.1. The molecule has 3 rings (SSSR count). The predicted octanol–water partition coefficient (Wildman–Crippen LogP) is 3.01. The average molecular weight is 243 g/mol. The molecular formula is C15H17NO2. The van der Waals surface area contributed by atoms with Crippen LogP contribution in [0.15, 0.2) is 24.3 Å². The van der Waals surface area contributed by atoms with Crippen LogP contribution in [0.2, 0.25) is 0 Å². The maximum Gasteiger partial charge on any atom is 0.138 e. The highest BCUT2D eigenvalue weighted by Gasteiger charge is 2.23. The van der Waals surface area contributed by atoms with Gasteiger partial charge in [-0.25, -0.2) is 4.98 Å². The molecule has 1 aromatic carbocycles. The quantitative estimate of drug-likeness (QED) is 0.881. The Morgan fingerprint density at radius 1 is 1.44 bits per heavy atom. The number of fused-ring (bicyclic) bond motifs is 1. The Kier molecular flexibility index (Phi) is 2.92. The van der Waals surface area contributed by atoms with Crippen molar-refractivity contribution in [2.24, 2.45) is 0 Å². The van der Waals surface area contributed by atoms with Gasteiger partial charge in [0.2, 0.25) is 0 Å². The minimum absolute atomic E-state index is 0.235. The molecule has 18 heavy (non-hydrogen) atoms. The second kappa shape index (κ2) is 4.58. The van der Waals surface area contributed by atoms with Gasteiger partial charge < -0.3 is 9.84 Å². The van der Waals surface area contributed by atoms with Crippen molar-refractivity contribution in [3.05, 3.63) is 35.5 Å². The van der Waals surface area contributed by atoms with Crippen molar-refractivity contribution >= 4 is 10.9 Å². The van der Waals surface area contributed by atoms with Crippen molar-refractivity contribution in [1.82, 2.24) is 4.98 Å². The van der Waals surface area contributed by atoms with E-state index >= 15 is 0 Å². The highest BCUT2D eigenvalue weighted by atomic mass is 16.5. The van der Waals surface area contributed by atoms with E-state index in [1.807, 2.05) is 18.2 Å². The van der Waals surface area contributed by atoms with E-state index in [-0.39, 0.29) is 5.92 Å². The van der Waals surface area contributed by atoms with Crippen LogP contribution in [-0.2, 0) is 11.2 Å². The monoisotopic (exact) mass is 243 g/mol. The van der Waals surface area contributed by atoms with E-state index in [4.69, 9.17) is 9.72 Å². The van der Waals surface area contributed by atoms with Gasteiger partial charge in [-0.2, -0.15) is 0 Å². The van der Waals surface area contributed by atoms with Gasteiger partial charge in [0.1, 0.15) is 5.75 Å². The van der Waals surface area contributed by atoms with Crippen molar-refractivity contribution in [1.29, 1.82) is 0 Å². The molecule has 0 bridgehead atoms. The number of nitrogens with zero attached hydrogens (tertiary/aromatic N) is 1. The van der Waals surface area contributed by atoms with E-state index in [0.717, 1.165) is 36.0 Å². The third kappa shape index (κ3) is 1.85. The molecule has 0 spiro atoms. The maximum absolute atomic E-state index is 10.1. The van der Waals surface area contributed by atoms with E-state index in [2.05, 4.69) is 13.0 Å². The Hall–Kier alpha value is -1.61. The number of pyridine rings is 1. The molecule has 1 unspecified atom stereocenters. The summed E-state index contributed by atoms with van der Waals surface area (Å²) in [4.78, 5) is 4.70. The van der Waals surface area contributed by atoms with Crippen molar-refractivity contribution in [2.75, 3.05) is 13.2 Å². The fourth-order valence-corrected chi connectivity index (χ4v) is 2.60. The first-order valence-electron chi connectivity index (χ1n) is 6.49. The first-order chi connectivity index (χ1) is 8.79. The van der Waals surface area contributed by atoms with Gasteiger partial charge in [0.25, 0.3) is 0 Å². The molecule has 94 valence electrons. The van der Waals surface area contributed by atoms with Gasteiger partial charge in [0.05, 0.1) is 17.8 Å². The van der Waals surface area contributed by atoms with Crippen LogP contribution in [0.25, 0.3) is 10.9 Å². The molecule has 1 aliphatic rings. The molecule has 2 heterocycles. The number of rotatable bonds is 2. The van der Waals surface area contributed by atoms with E-state index in [9.17, 15) is 5.11 Å². The topological polar surface area (TPSA) is 42.4 Å². The lowest BCUT2D eigenvalue weighted by Gasteiger charge is -2.12. The number of benzene rings is 1. The zero-order valence-electron chi connectivity index (χ0n) is 10.5. The molecule has 1 saturated heterocycles. The van der Waals surface area contributed by atoms with Crippen LogP contribution < -0.4 is 0 Å². The molecule has 0 saturated carbocycles. The molecule has 0 amide bonds. The first-order valence-corrected chi connectivity index (χ1v) is 6.49. The normalized spacial score (nSPS) is 19.5. The van der Waals surface area contributed by atoms with Crippen molar-refractivity contribution < 1.29 is 9.84 Å². The predicted molar refractivity (Wildman–Crippen MR) is 71.0 cm³/mol. The van der Waals surface area contributed by atoms with Crippen LogP contribution in [-0.4, -0.2) is 23.3 Å². The van der Waals surface area contributed by atoms with Gasteiger partial charge in [-0.1, -0.05) is 25.1 Å². The Morgan fingerprint density at radius 3 is 3.06 bits per heavy atom. The van der Waals surface area contributed by atoms with Crippen molar-refractivity contribution in [2.45, 2.75) is 25.7 Å². The molecule has 1 N–H and O–H groups in total. The average Bonchev–Trinajstić information content (AvgIpc) is 2.90. The molecule has 1 aromatic heterocycles. The molecule has 1 aliphatic heterocycles. The summed E-state index contributed by atoms with van der Waals surface area (Å²) >= 11 is 0. The lowest BCUT2D eigenvalue weighted by Crippen LogP contribution is -2.02.